The molecule has 0 spiro atoms. The van der Waals surface area contributed by atoms with Gasteiger partial charge in [-0.2, -0.15) is 0 Å². The van der Waals surface area contributed by atoms with Gasteiger partial charge >= 0.3 is 5.97 Å². The lowest BCUT2D eigenvalue weighted by atomic mass is 10.3. The predicted molar refractivity (Wildman–Crippen MR) is 37.8 cm³/mol. The van der Waals surface area contributed by atoms with Crippen LogP contribution in [0.25, 0.3) is 0 Å². The first-order chi connectivity index (χ1) is 4.70. The van der Waals surface area contributed by atoms with E-state index in [4.69, 9.17) is 5.11 Å². The number of rotatable bonds is 4. The highest BCUT2D eigenvalue weighted by Gasteiger charge is 2.31. The number of carbonyl (C=O) groups is 1. The summed E-state index contributed by atoms with van der Waals surface area (Å²) >= 11 is 0. The van der Waals surface area contributed by atoms with Crippen molar-refractivity contribution >= 4 is 5.97 Å². The SMILES string of the molecule is C[C@@H]1C[C@H]1CNCC(=O)O. The van der Waals surface area contributed by atoms with Gasteiger partial charge in [-0.15, -0.1) is 0 Å². The van der Waals surface area contributed by atoms with Crippen molar-refractivity contribution in [1.29, 1.82) is 0 Å². The summed E-state index contributed by atoms with van der Waals surface area (Å²) in [6.45, 7) is 3.16. The van der Waals surface area contributed by atoms with Gasteiger partial charge in [0.1, 0.15) is 0 Å². The summed E-state index contributed by atoms with van der Waals surface area (Å²) < 4.78 is 0. The Kier molecular flexibility index (Phi) is 2.27. The zero-order chi connectivity index (χ0) is 7.56. The summed E-state index contributed by atoms with van der Waals surface area (Å²) in [5.74, 6) is 0.772. The van der Waals surface area contributed by atoms with Crippen molar-refractivity contribution < 1.29 is 9.90 Å². The average Bonchev–Trinajstić information content (AvgIpc) is 2.46. The molecule has 0 aliphatic heterocycles. The fraction of sp³-hybridized carbons (Fsp3) is 0.857. The maximum Gasteiger partial charge on any atom is 0.317 e. The van der Waals surface area contributed by atoms with Crippen LogP contribution in [0, 0.1) is 11.8 Å². The van der Waals surface area contributed by atoms with E-state index in [1.54, 1.807) is 0 Å². The Morgan fingerprint density at radius 3 is 2.80 bits per heavy atom. The smallest absolute Gasteiger partial charge is 0.317 e. The minimum atomic E-state index is -0.770. The van der Waals surface area contributed by atoms with Gasteiger partial charge in [0.2, 0.25) is 0 Å². The topological polar surface area (TPSA) is 49.3 Å². The van der Waals surface area contributed by atoms with Gasteiger partial charge in [0.25, 0.3) is 0 Å². The summed E-state index contributed by atoms with van der Waals surface area (Å²) in [7, 11) is 0. The summed E-state index contributed by atoms with van der Waals surface area (Å²) in [6, 6.07) is 0. The first kappa shape index (κ1) is 7.54. The van der Waals surface area contributed by atoms with Gasteiger partial charge in [-0.25, -0.2) is 0 Å². The Morgan fingerprint density at radius 2 is 2.40 bits per heavy atom. The number of nitrogens with one attached hydrogen (secondary N) is 1. The molecule has 0 saturated heterocycles. The second-order valence-electron chi connectivity index (χ2n) is 3.00. The first-order valence-electron chi connectivity index (χ1n) is 3.62. The van der Waals surface area contributed by atoms with Crippen molar-refractivity contribution in [3.8, 4) is 0 Å². The highest BCUT2D eigenvalue weighted by Crippen LogP contribution is 2.36. The number of aliphatic carboxylic acids is 1. The number of carboxylic acid groups (broad SMARTS) is 1. The van der Waals surface area contributed by atoms with Gasteiger partial charge < -0.3 is 10.4 Å². The van der Waals surface area contributed by atoms with Crippen LogP contribution >= 0.6 is 0 Å². The van der Waals surface area contributed by atoms with E-state index in [0.29, 0.717) is 0 Å². The van der Waals surface area contributed by atoms with Crippen LogP contribution in [0.5, 0.6) is 0 Å². The Hall–Kier alpha value is -0.570. The van der Waals surface area contributed by atoms with Crippen molar-refractivity contribution in [1.82, 2.24) is 5.32 Å². The van der Waals surface area contributed by atoms with Crippen LogP contribution in [0.2, 0.25) is 0 Å². The van der Waals surface area contributed by atoms with Crippen LogP contribution in [-0.2, 0) is 4.79 Å². The lowest BCUT2D eigenvalue weighted by Crippen LogP contribution is -2.24. The van der Waals surface area contributed by atoms with E-state index in [2.05, 4.69) is 12.2 Å². The molecule has 1 aliphatic rings. The minimum Gasteiger partial charge on any atom is -0.480 e. The van der Waals surface area contributed by atoms with Crippen LogP contribution in [0.1, 0.15) is 13.3 Å². The zero-order valence-corrected chi connectivity index (χ0v) is 6.13. The first-order valence-corrected chi connectivity index (χ1v) is 3.62. The molecule has 1 fully saturated rings. The molecule has 3 heteroatoms. The molecular formula is C7H13NO2. The molecule has 0 aromatic rings. The van der Waals surface area contributed by atoms with E-state index >= 15 is 0 Å². The Bertz CT molecular complexity index is 136. The molecule has 1 saturated carbocycles. The van der Waals surface area contributed by atoms with E-state index in [-0.39, 0.29) is 6.54 Å². The second-order valence-corrected chi connectivity index (χ2v) is 3.00. The summed E-state index contributed by atoms with van der Waals surface area (Å²) in [4.78, 5) is 10.0. The maximum atomic E-state index is 10.0. The second kappa shape index (κ2) is 3.01. The molecule has 2 N–H and O–H groups in total. The van der Waals surface area contributed by atoms with Crippen molar-refractivity contribution in [3.63, 3.8) is 0 Å². The lowest BCUT2D eigenvalue weighted by Gasteiger charge is -1.97. The van der Waals surface area contributed by atoms with Crippen LogP contribution in [-0.4, -0.2) is 24.2 Å². The number of carboxylic acids is 1. The molecular weight excluding hydrogens is 130 g/mol. The van der Waals surface area contributed by atoms with Gasteiger partial charge in [0, 0.05) is 0 Å². The molecule has 3 nitrogen and oxygen atoms in total. The minimum absolute atomic E-state index is 0.100. The van der Waals surface area contributed by atoms with Crippen LogP contribution in [0.15, 0.2) is 0 Å². The highest BCUT2D eigenvalue weighted by molar-refractivity contribution is 5.68. The molecule has 0 aromatic heterocycles. The van der Waals surface area contributed by atoms with Crippen LogP contribution in [0.3, 0.4) is 0 Å². The Morgan fingerprint density at radius 1 is 1.80 bits per heavy atom. The number of hydrogen-bond acceptors (Lipinski definition) is 2. The van der Waals surface area contributed by atoms with Crippen LogP contribution < -0.4 is 5.32 Å². The van der Waals surface area contributed by atoms with Gasteiger partial charge in [-0.1, -0.05) is 6.92 Å². The molecule has 0 heterocycles. The third-order valence-corrected chi connectivity index (χ3v) is 1.96. The molecule has 58 valence electrons. The van der Waals surface area contributed by atoms with Crippen LogP contribution in [0.4, 0.5) is 0 Å². The Balaban J connectivity index is 1.91. The zero-order valence-electron chi connectivity index (χ0n) is 6.13. The van der Waals surface area contributed by atoms with Gasteiger partial charge in [-0.3, -0.25) is 4.79 Å². The van der Waals surface area contributed by atoms with Gasteiger partial charge in [0.15, 0.2) is 0 Å². The monoisotopic (exact) mass is 143 g/mol. The third-order valence-electron chi connectivity index (χ3n) is 1.96. The van der Waals surface area contributed by atoms with E-state index < -0.39 is 5.97 Å². The third kappa shape index (κ3) is 2.35. The van der Waals surface area contributed by atoms with E-state index in [1.165, 1.54) is 6.42 Å². The average molecular weight is 143 g/mol. The van der Waals surface area contributed by atoms with Crippen molar-refractivity contribution in [3.05, 3.63) is 0 Å². The fourth-order valence-corrected chi connectivity index (χ4v) is 1.05. The highest BCUT2D eigenvalue weighted by atomic mass is 16.4. The molecule has 1 aliphatic carbocycles. The molecule has 0 amide bonds. The summed E-state index contributed by atoms with van der Waals surface area (Å²) in [5.41, 5.74) is 0. The Labute approximate surface area is 60.4 Å². The molecule has 2 atom stereocenters. The molecule has 0 radical (unpaired) electrons. The van der Waals surface area contributed by atoms with E-state index in [1.807, 2.05) is 0 Å². The normalized spacial score (nSPS) is 30.1. The van der Waals surface area contributed by atoms with Crippen molar-refractivity contribution in [2.75, 3.05) is 13.1 Å². The van der Waals surface area contributed by atoms with Crippen molar-refractivity contribution in [2.24, 2.45) is 11.8 Å². The lowest BCUT2D eigenvalue weighted by molar-refractivity contribution is -0.135. The van der Waals surface area contributed by atoms with E-state index in [0.717, 1.165) is 18.4 Å². The fourth-order valence-electron chi connectivity index (χ4n) is 1.05. The molecule has 1 rings (SSSR count). The molecule has 0 bridgehead atoms. The number of hydrogen-bond donors (Lipinski definition) is 2. The summed E-state index contributed by atoms with van der Waals surface area (Å²) in [6.07, 6.45) is 1.26. The van der Waals surface area contributed by atoms with Crippen molar-refractivity contribution in [2.45, 2.75) is 13.3 Å². The maximum absolute atomic E-state index is 10.0. The van der Waals surface area contributed by atoms with Gasteiger partial charge in [0.05, 0.1) is 6.54 Å². The quantitative estimate of drug-likeness (QED) is 0.595. The van der Waals surface area contributed by atoms with E-state index in [9.17, 15) is 4.79 Å². The largest absolute Gasteiger partial charge is 0.480 e. The summed E-state index contributed by atoms with van der Waals surface area (Å²) in [5, 5.41) is 11.1. The molecule has 0 unspecified atom stereocenters. The molecule has 0 aromatic carbocycles. The molecule has 10 heavy (non-hydrogen) atoms. The standard InChI is InChI=1S/C7H13NO2/c1-5-2-6(5)3-8-4-7(9)10/h5-6,8H,2-4H2,1H3,(H,9,10)/t5-,6+/m1/s1. The van der Waals surface area contributed by atoms with Gasteiger partial charge in [-0.05, 0) is 24.8 Å². The predicted octanol–water partition coefficient (Wildman–Crippen LogP) is 0.317.